The third-order valence-corrected chi connectivity index (χ3v) is 3.32. The van der Waals surface area contributed by atoms with Crippen LogP contribution in [0.3, 0.4) is 0 Å². The Kier molecular flexibility index (Phi) is 9.13. The van der Waals surface area contributed by atoms with Gasteiger partial charge in [-0.2, -0.15) is 0 Å². The van der Waals surface area contributed by atoms with Crippen LogP contribution in [0.5, 0.6) is 0 Å². The van der Waals surface area contributed by atoms with Gasteiger partial charge in [0.25, 0.3) is 0 Å². The van der Waals surface area contributed by atoms with Crippen LogP contribution in [0.15, 0.2) is 30.3 Å². The Morgan fingerprint density at radius 1 is 0.889 bits per heavy atom. The Balaban J connectivity index is 0.00000289. The first-order valence-corrected chi connectivity index (χ1v) is 7.00. The summed E-state index contributed by atoms with van der Waals surface area (Å²) in [5, 5.41) is 0. The van der Waals surface area contributed by atoms with Crippen LogP contribution in [0.2, 0.25) is 0 Å². The van der Waals surface area contributed by atoms with Crippen LogP contribution in [0, 0.1) is 0 Å². The summed E-state index contributed by atoms with van der Waals surface area (Å²) in [6, 6.07) is 10.8. The highest BCUT2D eigenvalue weighted by Gasteiger charge is 2.14. The van der Waals surface area contributed by atoms with Crippen molar-refractivity contribution < 1.29 is 16.9 Å². The fourth-order valence-electron chi connectivity index (χ4n) is 2.30. The summed E-state index contributed by atoms with van der Waals surface area (Å²) in [5.74, 6) is 0. The van der Waals surface area contributed by atoms with Crippen molar-refractivity contribution in [2.24, 2.45) is 0 Å². The zero-order chi connectivity index (χ0) is 12.6. The summed E-state index contributed by atoms with van der Waals surface area (Å²) >= 11 is 0. The van der Waals surface area contributed by atoms with E-state index in [2.05, 4.69) is 51.4 Å². The van der Waals surface area contributed by atoms with E-state index in [4.69, 9.17) is 0 Å². The van der Waals surface area contributed by atoms with Crippen LogP contribution in [-0.2, 0) is 6.54 Å². The Labute approximate surface area is 119 Å². The van der Waals surface area contributed by atoms with E-state index in [9.17, 15) is 0 Å². The average molecular weight is 270 g/mol. The third-order valence-electron chi connectivity index (χ3n) is 3.32. The van der Waals surface area contributed by atoms with Crippen molar-refractivity contribution in [1.29, 1.82) is 0 Å². The lowest BCUT2D eigenvalue weighted by Gasteiger charge is -2.30. The Morgan fingerprint density at radius 3 is 2.11 bits per heavy atom. The summed E-state index contributed by atoms with van der Waals surface area (Å²) in [4.78, 5) is 0. The number of hydrogen-bond donors (Lipinski definition) is 0. The molecule has 0 atom stereocenters. The minimum Gasteiger partial charge on any atom is -1.00 e. The SMILES string of the molecule is CCCCCCC[N+](C)(C)Cc1ccccc1.[Cl-]. The van der Waals surface area contributed by atoms with Gasteiger partial charge in [0.15, 0.2) is 0 Å². The van der Waals surface area contributed by atoms with Crippen LogP contribution >= 0.6 is 0 Å². The largest absolute Gasteiger partial charge is 1.00 e. The molecule has 0 aliphatic carbocycles. The summed E-state index contributed by atoms with van der Waals surface area (Å²) in [7, 11) is 4.68. The van der Waals surface area contributed by atoms with Crippen LogP contribution in [0.4, 0.5) is 0 Å². The molecule has 2 heteroatoms. The second-order valence-electron chi connectivity index (χ2n) is 5.72. The maximum Gasteiger partial charge on any atom is 0.104 e. The number of halogens is 1. The molecule has 104 valence electrons. The number of rotatable bonds is 8. The molecule has 18 heavy (non-hydrogen) atoms. The third kappa shape index (κ3) is 7.73. The number of quaternary nitrogens is 1. The number of nitrogens with zero attached hydrogens (tertiary/aromatic N) is 1. The van der Waals surface area contributed by atoms with E-state index in [1.165, 1.54) is 44.2 Å². The van der Waals surface area contributed by atoms with Crippen molar-refractivity contribution in [3.8, 4) is 0 Å². The van der Waals surface area contributed by atoms with Gasteiger partial charge in [0, 0.05) is 5.56 Å². The molecule has 1 nitrogen and oxygen atoms in total. The van der Waals surface area contributed by atoms with Gasteiger partial charge in [0.2, 0.25) is 0 Å². The smallest absolute Gasteiger partial charge is 0.104 e. The van der Waals surface area contributed by atoms with Gasteiger partial charge in [-0.05, 0) is 12.8 Å². The fraction of sp³-hybridized carbons (Fsp3) is 0.625. The molecule has 0 bridgehead atoms. The monoisotopic (exact) mass is 269 g/mol. The summed E-state index contributed by atoms with van der Waals surface area (Å²) in [5.41, 5.74) is 1.45. The van der Waals surface area contributed by atoms with Crippen molar-refractivity contribution in [3.63, 3.8) is 0 Å². The van der Waals surface area contributed by atoms with E-state index < -0.39 is 0 Å². The first-order valence-electron chi connectivity index (χ1n) is 7.00. The molecular weight excluding hydrogens is 242 g/mol. The van der Waals surface area contributed by atoms with Crippen LogP contribution in [0.25, 0.3) is 0 Å². The standard InChI is InChI=1S/C16H28N.ClH/c1-4-5-6-7-11-14-17(2,3)15-16-12-9-8-10-13-16;/h8-10,12-13H,4-7,11,14-15H2,1-3H3;1H/q+1;/p-1. The van der Waals surface area contributed by atoms with Gasteiger partial charge in [-0.1, -0.05) is 56.5 Å². The van der Waals surface area contributed by atoms with Gasteiger partial charge in [-0.3, -0.25) is 0 Å². The summed E-state index contributed by atoms with van der Waals surface area (Å²) in [6.07, 6.45) is 6.89. The minimum atomic E-state index is 0. The average Bonchev–Trinajstić information content (AvgIpc) is 2.29. The molecule has 0 N–H and O–H groups in total. The Hall–Kier alpha value is -0.530. The summed E-state index contributed by atoms with van der Waals surface area (Å²) in [6.45, 7) is 4.71. The predicted molar refractivity (Wildman–Crippen MR) is 75.9 cm³/mol. The van der Waals surface area contributed by atoms with E-state index in [0.717, 1.165) is 11.0 Å². The zero-order valence-electron chi connectivity index (χ0n) is 12.2. The molecule has 0 saturated carbocycles. The van der Waals surface area contributed by atoms with Crippen molar-refractivity contribution in [1.82, 2.24) is 0 Å². The van der Waals surface area contributed by atoms with E-state index in [0.29, 0.717) is 0 Å². The highest BCUT2D eigenvalue weighted by atomic mass is 35.5. The molecule has 0 heterocycles. The first kappa shape index (κ1) is 17.5. The van der Waals surface area contributed by atoms with Crippen molar-refractivity contribution in [3.05, 3.63) is 35.9 Å². The molecule has 0 aliphatic rings. The molecule has 0 spiro atoms. The Morgan fingerprint density at radius 2 is 1.50 bits per heavy atom. The van der Waals surface area contributed by atoms with Gasteiger partial charge < -0.3 is 16.9 Å². The Bertz CT molecular complexity index is 295. The van der Waals surface area contributed by atoms with Crippen molar-refractivity contribution >= 4 is 0 Å². The van der Waals surface area contributed by atoms with E-state index in [1.807, 2.05) is 0 Å². The highest BCUT2D eigenvalue weighted by molar-refractivity contribution is 5.13. The number of benzene rings is 1. The minimum absolute atomic E-state index is 0. The van der Waals surface area contributed by atoms with Gasteiger partial charge in [0.1, 0.15) is 6.54 Å². The van der Waals surface area contributed by atoms with E-state index in [1.54, 1.807) is 0 Å². The van der Waals surface area contributed by atoms with Crippen LogP contribution in [0.1, 0.15) is 44.6 Å². The van der Waals surface area contributed by atoms with E-state index in [-0.39, 0.29) is 12.4 Å². The lowest BCUT2D eigenvalue weighted by molar-refractivity contribution is -0.903. The second kappa shape index (κ2) is 9.41. The summed E-state index contributed by atoms with van der Waals surface area (Å²) < 4.78 is 1.11. The normalized spacial score (nSPS) is 11.1. The van der Waals surface area contributed by atoms with Crippen LogP contribution < -0.4 is 12.4 Å². The maximum atomic E-state index is 2.34. The molecule has 0 fully saturated rings. The molecule has 0 aliphatic heterocycles. The van der Waals surface area contributed by atoms with Gasteiger partial charge in [0.05, 0.1) is 20.6 Å². The molecular formula is C16H28ClN. The van der Waals surface area contributed by atoms with Crippen molar-refractivity contribution in [2.75, 3.05) is 20.6 Å². The molecule has 1 aromatic carbocycles. The molecule has 0 radical (unpaired) electrons. The predicted octanol–water partition coefficient (Wildman–Crippen LogP) is 1.24. The van der Waals surface area contributed by atoms with Crippen molar-refractivity contribution in [2.45, 2.75) is 45.6 Å². The molecule has 0 aromatic heterocycles. The molecule has 1 rings (SSSR count). The first-order chi connectivity index (χ1) is 8.14. The zero-order valence-corrected chi connectivity index (χ0v) is 12.9. The lowest BCUT2D eigenvalue weighted by atomic mass is 10.1. The molecule has 0 unspecified atom stereocenters. The number of hydrogen-bond acceptors (Lipinski definition) is 0. The lowest BCUT2D eigenvalue weighted by Crippen LogP contribution is -3.00. The molecule has 0 amide bonds. The topological polar surface area (TPSA) is 0 Å². The molecule has 0 saturated heterocycles. The van der Waals surface area contributed by atoms with Gasteiger partial charge >= 0.3 is 0 Å². The fourth-order valence-corrected chi connectivity index (χ4v) is 2.30. The van der Waals surface area contributed by atoms with Crippen LogP contribution in [-0.4, -0.2) is 25.1 Å². The maximum absolute atomic E-state index is 2.34. The number of unbranched alkanes of at least 4 members (excludes halogenated alkanes) is 4. The molecule has 1 aromatic rings. The van der Waals surface area contributed by atoms with Gasteiger partial charge in [-0.25, -0.2) is 0 Å². The quantitative estimate of drug-likeness (QED) is 0.492. The highest BCUT2D eigenvalue weighted by Crippen LogP contribution is 2.12. The second-order valence-corrected chi connectivity index (χ2v) is 5.72. The van der Waals surface area contributed by atoms with Gasteiger partial charge in [-0.15, -0.1) is 0 Å². The van der Waals surface area contributed by atoms with E-state index >= 15 is 0 Å².